The van der Waals surface area contributed by atoms with Gasteiger partial charge in [0.25, 0.3) is 0 Å². The smallest absolute Gasteiger partial charge is 0.160 e. The first kappa shape index (κ1) is 32.8. The van der Waals surface area contributed by atoms with E-state index in [0.717, 1.165) is 77.7 Å². The quantitative estimate of drug-likeness (QED) is 0.171. The maximum Gasteiger partial charge on any atom is 0.160 e. The van der Waals surface area contributed by atoms with Crippen LogP contribution in [0.1, 0.15) is 0 Å². The molecule has 0 aliphatic heterocycles. The summed E-state index contributed by atoms with van der Waals surface area (Å²) < 4.78 is 6.74. The van der Waals surface area contributed by atoms with Crippen LogP contribution < -0.4 is 0 Å². The molecular formula is C54H34N2O. The molecular weight excluding hydrogens is 693 g/mol. The second-order valence-corrected chi connectivity index (χ2v) is 14.5. The summed E-state index contributed by atoms with van der Waals surface area (Å²) >= 11 is 0. The van der Waals surface area contributed by atoms with Gasteiger partial charge in [-0.2, -0.15) is 0 Å². The van der Waals surface area contributed by atoms with Crippen LogP contribution in [0.3, 0.4) is 0 Å². The summed E-state index contributed by atoms with van der Waals surface area (Å²) in [6, 6.07) is 72.8. The van der Waals surface area contributed by atoms with Gasteiger partial charge in [0, 0.05) is 32.8 Å². The van der Waals surface area contributed by atoms with Crippen LogP contribution in [-0.4, -0.2) is 9.97 Å². The summed E-state index contributed by atoms with van der Waals surface area (Å²) in [5, 5.41) is 6.99. The summed E-state index contributed by atoms with van der Waals surface area (Å²) in [6.07, 6.45) is 0. The topological polar surface area (TPSA) is 38.9 Å². The van der Waals surface area contributed by atoms with Crippen molar-refractivity contribution in [3.05, 3.63) is 206 Å². The first-order chi connectivity index (χ1) is 28.2. The van der Waals surface area contributed by atoms with Gasteiger partial charge in [-0.15, -0.1) is 0 Å². The molecule has 0 radical (unpaired) electrons. The van der Waals surface area contributed by atoms with Crippen molar-refractivity contribution >= 4 is 43.5 Å². The van der Waals surface area contributed by atoms with E-state index in [1.165, 1.54) is 27.3 Å². The van der Waals surface area contributed by atoms with Gasteiger partial charge >= 0.3 is 0 Å². The third-order valence-electron chi connectivity index (χ3n) is 11.1. The molecule has 0 atom stereocenters. The number of benzene rings is 9. The van der Waals surface area contributed by atoms with E-state index in [0.29, 0.717) is 5.82 Å². The first-order valence-corrected chi connectivity index (χ1v) is 19.3. The molecule has 266 valence electrons. The maximum atomic E-state index is 6.74. The molecule has 3 nitrogen and oxygen atoms in total. The number of nitrogens with zero attached hydrogens (tertiary/aromatic N) is 2. The summed E-state index contributed by atoms with van der Waals surface area (Å²) in [4.78, 5) is 10.1. The standard InChI is InChI=1S/C54H34N2O/c1-3-15-36(16-4-1)49-34-50(56-54(55-49)37-17-5-2-6-18-37)43-23-12-21-40(32-43)39-20-11-22-41(31-39)44-26-13-27-51-52(44)48-33-47(45-24-9-10-25-46(45)53(48)57-51)42-29-28-35-14-7-8-19-38(35)30-42/h1-34H. The molecule has 11 aromatic rings. The summed E-state index contributed by atoms with van der Waals surface area (Å²) in [7, 11) is 0. The Kier molecular flexibility index (Phi) is 7.82. The molecule has 2 heterocycles. The average Bonchev–Trinajstić information content (AvgIpc) is 3.68. The highest BCUT2D eigenvalue weighted by Crippen LogP contribution is 2.44. The van der Waals surface area contributed by atoms with E-state index < -0.39 is 0 Å². The highest BCUT2D eigenvalue weighted by Gasteiger charge is 2.19. The van der Waals surface area contributed by atoms with Gasteiger partial charge in [-0.25, -0.2) is 9.97 Å². The van der Waals surface area contributed by atoms with Crippen molar-refractivity contribution in [3.63, 3.8) is 0 Å². The van der Waals surface area contributed by atoms with Crippen LogP contribution in [0, 0.1) is 0 Å². The fourth-order valence-corrected chi connectivity index (χ4v) is 8.28. The minimum absolute atomic E-state index is 0.705. The van der Waals surface area contributed by atoms with Crippen molar-refractivity contribution < 1.29 is 4.42 Å². The Hall–Kier alpha value is -7.62. The third-order valence-corrected chi connectivity index (χ3v) is 11.1. The lowest BCUT2D eigenvalue weighted by Crippen LogP contribution is -1.96. The van der Waals surface area contributed by atoms with Crippen molar-refractivity contribution in [2.24, 2.45) is 0 Å². The van der Waals surface area contributed by atoms with Gasteiger partial charge in [0.05, 0.1) is 11.4 Å². The van der Waals surface area contributed by atoms with E-state index in [9.17, 15) is 0 Å². The molecule has 9 aromatic carbocycles. The Morgan fingerprint density at radius 3 is 1.68 bits per heavy atom. The van der Waals surface area contributed by atoms with Gasteiger partial charge in [0.2, 0.25) is 0 Å². The Balaban J connectivity index is 1.04. The van der Waals surface area contributed by atoms with Crippen molar-refractivity contribution in [2.45, 2.75) is 0 Å². The van der Waals surface area contributed by atoms with Crippen LogP contribution in [-0.2, 0) is 0 Å². The molecule has 0 unspecified atom stereocenters. The molecule has 0 aliphatic rings. The Bertz CT molecular complexity index is 3230. The molecule has 3 heteroatoms. The molecule has 0 bridgehead atoms. The SMILES string of the molecule is c1ccc(-c2cc(-c3cccc(-c4cccc(-c5cccc6oc7c8ccccc8c(-c8ccc9ccccc9c8)cc7c56)c4)c3)nc(-c3ccccc3)n2)cc1. The lowest BCUT2D eigenvalue weighted by atomic mass is 9.92. The molecule has 11 rings (SSSR count). The van der Waals surface area contributed by atoms with Crippen LogP contribution in [0.15, 0.2) is 211 Å². The lowest BCUT2D eigenvalue weighted by molar-refractivity contribution is 0.673. The van der Waals surface area contributed by atoms with E-state index in [4.69, 9.17) is 14.4 Å². The molecule has 0 N–H and O–H groups in total. The van der Waals surface area contributed by atoms with Gasteiger partial charge in [-0.05, 0) is 85.9 Å². The zero-order chi connectivity index (χ0) is 37.7. The fourth-order valence-electron chi connectivity index (χ4n) is 8.28. The number of furan rings is 1. The zero-order valence-corrected chi connectivity index (χ0v) is 30.9. The van der Waals surface area contributed by atoms with E-state index in [1.807, 2.05) is 36.4 Å². The molecule has 0 fully saturated rings. The predicted octanol–water partition coefficient (Wildman–Crippen LogP) is 14.7. The Morgan fingerprint density at radius 2 is 0.895 bits per heavy atom. The minimum Gasteiger partial charge on any atom is -0.455 e. The van der Waals surface area contributed by atoms with Gasteiger partial charge in [-0.3, -0.25) is 0 Å². The molecule has 0 saturated carbocycles. The van der Waals surface area contributed by atoms with Crippen LogP contribution in [0.25, 0.3) is 111 Å². The van der Waals surface area contributed by atoms with Crippen LogP contribution >= 0.6 is 0 Å². The van der Waals surface area contributed by atoms with Crippen LogP contribution in [0.2, 0.25) is 0 Å². The summed E-state index contributed by atoms with van der Waals surface area (Å²) in [6.45, 7) is 0. The molecule has 0 saturated heterocycles. The lowest BCUT2D eigenvalue weighted by Gasteiger charge is -2.12. The molecule has 0 aliphatic carbocycles. The van der Waals surface area contributed by atoms with E-state index >= 15 is 0 Å². The number of fused-ring (bicyclic) bond motifs is 6. The second kappa shape index (κ2) is 13.6. The van der Waals surface area contributed by atoms with Crippen molar-refractivity contribution in [1.29, 1.82) is 0 Å². The molecule has 57 heavy (non-hydrogen) atoms. The van der Waals surface area contributed by atoms with E-state index in [2.05, 4.69) is 170 Å². The van der Waals surface area contributed by atoms with Crippen LogP contribution in [0.4, 0.5) is 0 Å². The van der Waals surface area contributed by atoms with Gasteiger partial charge in [0.15, 0.2) is 5.82 Å². The number of hydrogen-bond donors (Lipinski definition) is 0. The van der Waals surface area contributed by atoms with Gasteiger partial charge in [0.1, 0.15) is 11.2 Å². The molecule has 0 amide bonds. The summed E-state index contributed by atoms with van der Waals surface area (Å²) in [5.74, 6) is 0.705. The first-order valence-electron chi connectivity index (χ1n) is 19.3. The van der Waals surface area contributed by atoms with Crippen LogP contribution in [0.5, 0.6) is 0 Å². The predicted molar refractivity (Wildman–Crippen MR) is 237 cm³/mol. The highest BCUT2D eigenvalue weighted by molar-refractivity contribution is 6.22. The van der Waals surface area contributed by atoms with Gasteiger partial charge in [-0.1, -0.05) is 170 Å². The number of rotatable bonds is 6. The van der Waals surface area contributed by atoms with Crippen molar-refractivity contribution in [2.75, 3.05) is 0 Å². The summed E-state index contributed by atoms with van der Waals surface area (Å²) in [5.41, 5.74) is 13.5. The largest absolute Gasteiger partial charge is 0.455 e. The number of aromatic nitrogens is 2. The zero-order valence-electron chi connectivity index (χ0n) is 30.9. The second-order valence-electron chi connectivity index (χ2n) is 14.5. The highest BCUT2D eigenvalue weighted by atomic mass is 16.3. The molecule has 2 aromatic heterocycles. The minimum atomic E-state index is 0.705. The van der Waals surface area contributed by atoms with Gasteiger partial charge < -0.3 is 4.42 Å². The third kappa shape index (κ3) is 5.85. The number of hydrogen-bond acceptors (Lipinski definition) is 3. The Morgan fingerprint density at radius 1 is 0.316 bits per heavy atom. The van der Waals surface area contributed by atoms with E-state index in [-0.39, 0.29) is 0 Å². The monoisotopic (exact) mass is 726 g/mol. The maximum absolute atomic E-state index is 6.74. The van der Waals surface area contributed by atoms with Crippen molar-refractivity contribution in [3.8, 4) is 67.3 Å². The average molecular weight is 727 g/mol. The Labute approximate surface area is 330 Å². The normalized spacial score (nSPS) is 11.5. The van der Waals surface area contributed by atoms with Crippen molar-refractivity contribution in [1.82, 2.24) is 9.97 Å². The fraction of sp³-hybridized carbons (Fsp3) is 0. The van der Waals surface area contributed by atoms with E-state index in [1.54, 1.807) is 0 Å². The molecule has 0 spiro atoms.